The molecule has 0 aliphatic carbocycles. The maximum Gasteiger partial charge on any atom is 0.242 e. The molecule has 7 nitrogen and oxygen atoms in total. The van der Waals surface area contributed by atoms with Gasteiger partial charge in [-0.25, -0.2) is 13.6 Å². The number of sulfonamides is 1. The van der Waals surface area contributed by atoms with Crippen molar-refractivity contribution in [3.63, 3.8) is 0 Å². The molecule has 0 radical (unpaired) electrons. The van der Waals surface area contributed by atoms with Crippen LogP contribution in [-0.4, -0.2) is 38.5 Å². The maximum atomic E-state index is 11.6. The smallest absolute Gasteiger partial charge is 0.242 e. The van der Waals surface area contributed by atoms with Crippen LogP contribution >= 0.6 is 0 Å². The number of primary sulfonamides is 1. The van der Waals surface area contributed by atoms with Crippen LogP contribution in [0, 0.1) is 0 Å². The summed E-state index contributed by atoms with van der Waals surface area (Å²) in [6.45, 7) is -0.489. The lowest BCUT2D eigenvalue weighted by Gasteiger charge is -2.15. The average molecular weight is 276 g/mol. The van der Waals surface area contributed by atoms with Crippen molar-refractivity contribution in [3.05, 3.63) is 17.7 Å². The molecule has 0 bridgehead atoms. The number of anilines is 1. The Hall–Kier alpha value is -1.35. The topological polar surface area (TPSA) is 136 Å². The molecule has 0 aliphatic rings. The van der Waals surface area contributed by atoms with Crippen molar-refractivity contribution >= 4 is 15.7 Å². The lowest BCUT2D eigenvalue weighted by Crippen LogP contribution is -2.21. The van der Waals surface area contributed by atoms with E-state index in [0.29, 0.717) is 0 Å². The zero-order chi connectivity index (χ0) is 13.9. The van der Waals surface area contributed by atoms with E-state index in [9.17, 15) is 13.5 Å². The Morgan fingerprint density at radius 2 is 2.06 bits per heavy atom. The van der Waals surface area contributed by atoms with Gasteiger partial charge >= 0.3 is 0 Å². The van der Waals surface area contributed by atoms with Crippen LogP contribution in [0.1, 0.15) is 5.56 Å². The molecule has 8 heteroatoms. The summed E-state index contributed by atoms with van der Waals surface area (Å²) in [5.41, 5.74) is 5.97. The number of benzene rings is 1. The highest BCUT2D eigenvalue weighted by Crippen LogP contribution is 2.33. The molecule has 1 aromatic rings. The van der Waals surface area contributed by atoms with Gasteiger partial charge in [-0.05, 0) is 11.6 Å². The number of methoxy groups -OCH3 is 1. The Balaban J connectivity index is 3.43. The highest BCUT2D eigenvalue weighted by molar-refractivity contribution is 7.89. The number of ether oxygens (including phenoxy) is 1. The van der Waals surface area contributed by atoms with Gasteiger partial charge in [-0.15, -0.1) is 0 Å². The predicted octanol–water partition coefficient (Wildman–Crippen LogP) is -1.18. The first-order valence-electron chi connectivity index (χ1n) is 5.08. The van der Waals surface area contributed by atoms with Gasteiger partial charge < -0.3 is 20.7 Å². The molecule has 102 valence electrons. The van der Waals surface area contributed by atoms with Crippen molar-refractivity contribution in [3.8, 4) is 5.75 Å². The lowest BCUT2D eigenvalue weighted by molar-refractivity contribution is 0.0949. The van der Waals surface area contributed by atoms with Crippen LogP contribution in [-0.2, 0) is 16.4 Å². The van der Waals surface area contributed by atoms with Crippen LogP contribution in [0.5, 0.6) is 5.75 Å². The minimum absolute atomic E-state index is 0.0554. The Bertz CT molecular complexity index is 529. The van der Waals surface area contributed by atoms with E-state index >= 15 is 0 Å². The summed E-state index contributed by atoms with van der Waals surface area (Å²) in [6, 6.07) is 2.88. The lowest BCUT2D eigenvalue weighted by atomic mass is 10.1. The molecule has 1 atom stereocenters. The number of rotatable bonds is 5. The van der Waals surface area contributed by atoms with Gasteiger partial charge in [0.1, 0.15) is 4.90 Å². The molecule has 18 heavy (non-hydrogen) atoms. The van der Waals surface area contributed by atoms with E-state index in [0.717, 1.165) is 0 Å². The third kappa shape index (κ3) is 3.10. The molecule has 0 spiro atoms. The zero-order valence-corrected chi connectivity index (χ0v) is 10.6. The normalized spacial score (nSPS) is 13.3. The summed E-state index contributed by atoms with van der Waals surface area (Å²) in [6.07, 6.45) is -1.15. The molecule has 1 rings (SSSR count). The quantitative estimate of drug-likeness (QED) is 0.500. The second kappa shape index (κ2) is 5.53. The molecular formula is C10H16N2O5S. The highest BCUT2D eigenvalue weighted by Gasteiger charge is 2.23. The van der Waals surface area contributed by atoms with Gasteiger partial charge in [0.05, 0.1) is 25.5 Å². The first kappa shape index (κ1) is 14.7. The van der Waals surface area contributed by atoms with Gasteiger partial charge in [0, 0.05) is 6.42 Å². The number of hydrogen-bond acceptors (Lipinski definition) is 6. The van der Waals surface area contributed by atoms with E-state index < -0.39 is 22.7 Å². The van der Waals surface area contributed by atoms with Crippen molar-refractivity contribution in [2.45, 2.75) is 17.4 Å². The summed E-state index contributed by atoms with van der Waals surface area (Å²) in [4.78, 5) is -0.266. The summed E-state index contributed by atoms with van der Waals surface area (Å²) >= 11 is 0. The predicted molar refractivity (Wildman–Crippen MR) is 65.6 cm³/mol. The average Bonchev–Trinajstić information content (AvgIpc) is 2.29. The molecule has 1 unspecified atom stereocenters. The number of aliphatic hydroxyl groups excluding tert-OH is 2. The van der Waals surface area contributed by atoms with E-state index in [4.69, 9.17) is 20.7 Å². The van der Waals surface area contributed by atoms with Crippen LogP contribution in [0.15, 0.2) is 17.0 Å². The fourth-order valence-electron chi connectivity index (χ4n) is 1.62. The Labute approximate surface area is 105 Å². The maximum absolute atomic E-state index is 11.6. The van der Waals surface area contributed by atoms with Crippen LogP contribution in [0.25, 0.3) is 0 Å². The molecular weight excluding hydrogens is 260 g/mol. The van der Waals surface area contributed by atoms with E-state index in [1.54, 1.807) is 0 Å². The SMILES string of the molecule is COc1c(N)ccc(CC(O)CO)c1S(N)(=O)=O. The summed E-state index contributed by atoms with van der Waals surface area (Å²) < 4.78 is 28.0. The van der Waals surface area contributed by atoms with Gasteiger partial charge in [0.2, 0.25) is 10.0 Å². The second-order valence-corrected chi connectivity index (χ2v) is 5.26. The molecule has 0 amide bonds. The molecule has 0 heterocycles. The number of nitrogen functional groups attached to an aromatic ring is 1. The second-order valence-electron chi connectivity index (χ2n) is 3.76. The summed E-state index contributed by atoms with van der Waals surface area (Å²) in [7, 11) is -2.78. The van der Waals surface area contributed by atoms with E-state index in [-0.39, 0.29) is 28.3 Å². The van der Waals surface area contributed by atoms with Crippen molar-refractivity contribution in [2.24, 2.45) is 5.14 Å². The fourth-order valence-corrected chi connectivity index (χ4v) is 2.60. The molecule has 0 saturated carbocycles. The van der Waals surface area contributed by atoms with Crippen LogP contribution < -0.4 is 15.6 Å². The van der Waals surface area contributed by atoms with Crippen LogP contribution in [0.4, 0.5) is 5.69 Å². The van der Waals surface area contributed by atoms with Gasteiger partial charge in [0.25, 0.3) is 0 Å². The Kier molecular flexibility index (Phi) is 4.52. The first-order valence-corrected chi connectivity index (χ1v) is 6.63. The van der Waals surface area contributed by atoms with Crippen LogP contribution in [0.2, 0.25) is 0 Å². The molecule has 6 N–H and O–H groups in total. The summed E-state index contributed by atoms with van der Waals surface area (Å²) in [5, 5.41) is 23.3. The number of aliphatic hydroxyl groups is 2. The van der Waals surface area contributed by atoms with Gasteiger partial charge in [0.15, 0.2) is 5.75 Å². The van der Waals surface area contributed by atoms with Gasteiger partial charge in [-0.1, -0.05) is 6.07 Å². The third-order valence-corrected chi connectivity index (χ3v) is 3.40. The molecule has 0 fully saturated rings. The molecule has 0 aromatic heterocycles. The zero-order valence-electron chi connectivity index (χ0n) is 9.83. The molecule has 1 aromatic carbocycles. The summed E-state index contributed by atoms with van der Waals surface area (Å²) in [5.74, 6) is -0.0554. The minimum atomic E-state index is -4.05. The molecule has 0 aliphatic heterocycles. The largest absolute Gasteiger partial charge is 0.493 e. The van der Waals surface area contributed by atoms with E-state index in [1.165, 1.54) is 19.2 Å². The highest BCUT2D eigenvalue weighted by atomic mass is 32.2. The van der Waals surface area contributed by atoms with Gasteiger partial charge in [-0.3, -0.25) is 0 Å². The number of nitrogens with two attached hydrogens (primary N) is 2. The fraction of sp³-hybridized carbons (Fsp3) is 0.400. The standard InChI is InChI=1S/C10H16N2O5S/c1-17-9-8(11)3-2-6(4-7(14)5-13)10(9)18(12,15)16/h2-3,7,13-14H,4-5,11H2,1H3,(H2,12,15,16). The number of hydrogen-bond donors (Lipinski definition) is 4. The Morgan fingerprint density at radius 3 is 2.50 bits per heavy atom. The van der Waals surface area contributed by atoms with Crippen molar-refractivity contribution in [1.29, 1.82) is 0 Å². The molecule has 0 saturated heterocycles. The van der Waals surface area contributed by atoms with E-state index in [1.807, 2.05) is 0 Å². The van der Waals surface area contributed by atoms with E-state index in [2.05, 4.69) is 0 Å². The van der Waals surface area contributed by atoms with Crippen LogP contribution in [0.3, 0.4) is 0 Å². The van der Waals surface area contributed by atoms with Crippen molar-refractivity contribution in [1.82, 2.24) is 0 Å². The van der Waals surface area contributed by atoms with Crippen molar-refractivity contribution in [2.75, 3.05) is 19.5 Å². The third-order valence-electron chi connectivity index (χ3n) is 2.38. The Morgan fingerprint density at radius 1 is 1.44 bits per heavy atom. The van der Waals surface area contributed by atoms with Gasteiger partial charge in [-0.2, -0.15) is 0 Å². The monoisotopic (exact) mass is 276 g/mol. The minimum Gasteiger partial charge on any atom is -0.493 e. The van der Waals surface area contributed by atoms with Crippen molar-refractivity contribution < 1.29 is 23.4 Å². The first-order chi connectivity index (χ1) is 8.31.